The third-order valence-corrected chi connectivity index (χ3v) is 11.6. The number of oxazole rings is 1. The van der Waals surface area contributed by atoms with E-state index < -0.39 is 35.6 Å². The molecule has 5 aliphatic rings. The largest absolute Gasteiger partial charge is 0.431 e. The summed E-state index contributed by atoms with van der Waals surface area (Å²) in [5, 5.41) is 8.26. The average Bonchev–Trinajstić information content (AvgIpc) is 3.84. The van der Waals surface area contributed by atoms with Crippen LogP contribution in [0.2, 0.25) is 0 Å². The number of nitrogens with one attached hydrogen (secondary N) is 3. The lowest BCUT2D eigenvalue weighted by Crippen LogP contribution is -2.54. The summed E-state index contributed by atoms with van der Waals surface area (Å²) in [4.78, 5) is 103. The van der Waals surface area contributed by atoms with Gasteiger partial charge >= 0.3 is 0 Å². The van der Waals surface area contributed by atoms with Gasteiger partial charge in [0.25, 0.3) is 23.7 Å². The predicted molar refractivity (Wildman–Crippen MR) is 212 cm³/mol. The molecule has 0 bridgehead atoms. The number of ether oxygens (including phenoxy) is 1. The van der Waals surface area contributed by atoms with E-state index in [1.807, 2.05) is 17.0 Å². The summed E-state index contributed by atoms with van der Waals surface area (Å²) >= 11 is 0. The molecule has 3 aromatic rings. The van der Waals surface area contributed by atoms with Crippen molar-refractivity contribution in [1.29, 1.82) is 0 Å². The highest BCUT2D eigenvalue weighted by molar-refractivity contribution is 6.25. The number of benzene rings is 2. The fourth-order valence-electron chi connectivity index (χ4n) is 8.26. The van der Waals surface area contributed by atoms with E-state index in [9.17, 15) is 33.6 Å². The van der Waals surface area contributed by atoms with Gasteiger partial charge in [0, 0.05) is 76.9 Å². The van der Waals surface area contributed by atoms with Crippen LogP contribution in [0, 0.1) is 5.92 Å². The SMILES string of the molecule is NC(=O)C1CCN(c2cc(CN3CCN(C(=O)CNc4cccc5c4C(=O)N(C4CCC(=O)NC4=O)C5=O)CC3)ccc2NC(=O)c2coc(N3CCOCC3)n2)CC1. The fraction of sp³-hybridized carbons (Fsp3) is 0.450. The van der Waals surface area contributed by atoms with E-state index in [1.165, 1.54) is 12.3 Å². The molecular formula is C40H46N10O9. The summed E-state index contributed by atoms with van der Waals surface area (Å²) in [6.45, 7) is 6.18. The molecule has 0 saturated carbocycles. The van der Waals surface area contributed by atoms with Gasteiger partial charge in [-0.15, -0.1) is 0 Å². The van der Waals surface area contributed by atoms with Gasteiger partial charge in [-0.1, -0.05) is 12.1 Å². The van der Waals surface area contributed by atoms with E-state index in [0.29, 0.717) is 102 Å². The Morgan fingerprint density at radius 3 is 2.36 bits per heavy atom. The highest BCUT2D eigenvalue weighted by Gasteiger charge is 2.45. The van der Waals surface area contributed by atoms with Gasteiger partial charge in [-0.2, -0.15) is 4.98 Å². The molecule has 0 radical (unpaired) electrons. The monoisotopic (exact) mass is 810 g/mol. The number of hydrogen-bond acceptors (Lipinski definition) is 14. The van der Waals surface area contributed by atoms with Gasteiger partial charge in [0.05, 0.1) is 42.3 Å². The maximum Gasteiger partial charge on any atom is 0.298 e. The number of imide groups is 2. The average molecular weight is 811 g/mol. The van der Waals surface area contributed by atoms with Crippen LogP contribution in [0.4, 0.5) is 23.1 Å². The summed E-state index contributed by atoms with van der Waals surface area (Å²) in [5.74, 6) is -3.50. The van der Waals surface area contributed by atoms with Gasteiger partial charge in [0.1, 0.15) is 12.3 Å². The molecule has 8 rings (SSSR count). The molecule has 4 fully saturated rings. The Morgan fingerprint density at radius 2 is 1.63 bits per heavy atom. The zero-order chi connectivity index (χ0) is 41.2. The number of nitrogens with two attached hydrogens (primary N) is 1. The number of carbonyl (C=O) groups excluding carboxylic acids is 7. The number of hydrogen-bond donors (Lipinski definition) is 4. The minimum atomic E-state index is -1.09. The standard InChI is InChI=1S/C40H46N10O9/c41-35(53)25-8-10-47(11-9-25)31-20-24(4-5-27(31)43-36(54)29-23-59-40(44-29)49-16-18-58-19-17-49)22-46-12-14-48(15-13-46)33(52)21-42-28-3-1-2-26-34(28)39(57)50(38(26)56)30-6-7-32(51)45-37(30)55/h1-5,20,23,25,30,42H,6-19,21-22H2,(H2,41,53)(H,43,54)(H,45,51,55). The van der Waals surface area contributed by atoms with Crippen LogP contribution in [0.15, 0.2) is 47.1 Å². The van der Waals surface area contributed by atoms with Crippen molar-refractivity contribution in [2.75, 3.05) is 92.5 Å². The molecule has 2 aromatic carbocycles. The Hall–Kier alpha value is -6.34. The van der Waals surface area contributed by atoms with E-state index in [1.54, 1.807) is 17.0 Å². The zero-order valence-electron chi connectivity index (χ0n) is 32.4. The first kappa shape index (κ1) is 39.5. The second-order valence-corrected chi connectivity index (χ2v) is 15.3. The number of nitrogens with zero attached hydrogens (tertiary/aromatic N) is 6. The van der Waals surface area contributed by atoms with Crippen molar-refractivity contribution >= 4 is 64.4 Å². The second kappa shape index (κ2) is 16.9. The van der Waals surface area contributed by atoms with E-state index in [2.05, 4.69) is 36.8 Å². The van der Waals surface area contributed by atoms with Crippen LogP contribution in [-0.4, -0.2) is 139 Å². The van der Waals surface area contributed by atoms with Crippen LogP contribution >= 0.6 is 0 Å². The third kappa shape index (κ3) is 8.33. The normalized spacial score (nSPS) is 20.4. The molecule has 19 nitrogen and oxygen atoms in total. The first-order valence-corrected chi connectivity index (χ1v) is 19.9. The molecule has 6 heterocycles. The minimum absolute atomic E-state index is 0.0188. The van der Waals surface area contributed by atoms with Crippen molar-refractivity contribution in [3.05, 3.63) is 65.0 Å². The summed E-state index contributed by atoms with van der Waals surface area (Å²) in [6.07, 6.45) is 2.62. The van der Waals surface area contributed by atoms with Gasteiger partial charge in [-0.05, 0) is 49.1 Å². The first-order valence-electron chi connectivity index (χ1n) is 19.9. The van der Waals surface area contributed by atoms with Gasteiger partial charge in [0.2, 0.25) is 23.6 Å². The number of rotatable bonds is 11. The molecule has 1 unspecified atom stereocenters. The third-order valence-electron chi connectivity index (χ3n) is 11.6. The molecular weight excluding hydrogens is 765 g/mol. The van der Waals surface area contributed by atoms with E-state index in [4.69, 9.17) is 14.9 Å². The van der Waals surface area contributed by atoms with Crippen molar-refractivity contribution in [2.24, 2.45) is 11.7 Å². The van der Waals surface area contributed by atoms with Crippen LogP contribution < -0.4 is 31.5 Å². The number of morpholine rings is 1. The van der Waals surface area contributed by atoms with Gasteiger partial charge in [0.15, 0.2) is 5.69 Å². The highest BCUT2D eigenvalue weighted by Crippen LogP contribution is 2.34. The number of carbonyl (C=O) groups is 7. The Kier molecular flexibility index (Phi) is 11.3. The maximum atomic E-state index is 13.5. The molecule has 5 N–H and O–H groups in total. The molecule has 4 saturated heterocycles. The van der Waals surface area contributed by atoms with Crippen molar-refractivity contribution in [3.63, 3.8) is 0 Å². The van der Waals surface area contributed by atoms with Gasteiger partial charge in [-0.25, -0.2) is 0 Å². The number of amides is 7. The first-order chi connectivity index (χ1) is 28.5. The number of anilines is 4. The van der Waals surface area contributed by atoms with Crippen LogP contribution in [0.5, 0.6) is 0 Å². The van der Waals surface area contributed by atoms with Gasteiger partial charge < -0.3 is 40.2 Å². The summed E-state index contributed by atoms with van der Waals surface area (Å²) in [7, 11) is 0. The Labute approximate surface area is 339 Å². The highest BCUT2D eigenvalue weighted by atomic mass is 16.5. The van der Waals surface area contributed by atoms with Crippen molar-refractivity contribution < 1.29 is 42.7 Å². The Morgan fingerprint density at radius 1 is 0.864 bits per heavy atom. The molecule has 7 amide bonds. The summed E-state index contributed by atoms with van der Waals surface area (Å²) in [5.41, 5.74) is 8.75. The predicted octanol–water partition coefficient (Wildman–Crippen LogP) is 0.623. The lowest BCUT2D eigenvalue weighted by Gasteiger charge is -2.36. The minimum Gasteiger partial charge on any atom is -0.431 e. The molecule has 1 aromatic heterocycles. The molecule has 5 aliphatic heterocycles. The van der Waals surface area contributed by atoms with Crippen LogP contribution in [0.1, 0.15) is 62.5 Å². The summed E-state index contributed by atoms with van der Waals surface area (Å²) < 4.78 is 11.0. The number of primary amides is 1. The summed E-state index contributed by atoms with van der Waals surface area (Å²) in [6, 6.07) is 9.90. The number of piperidine rings is 2. The van der Waals surface area contributed by atoms with Crippen LogP contribution in [0.3, 0.4) is 0 Å². The van der Waals surface area contributed by atoms with E-state index in [-0.39, 0.29) is 53.9 Å². The van der Waals surface area contributed by atoms with Crippen LogP contribution in [-0.2, 0) is 30.5 Å². The van der Waals surface area contributed by atoms with Crippen LogP contribution in [0.25, 0.3) is 0 Å². The Bertz CT molecular complexity index is 2170. The molecule has 0 aliphatic carbocycles. The maximum absolute atomic E-state index is 13.5. The molecule has 59 heavy (non-hydrogen) atoms. The lowest BCUT2D eigenvalue weighted by atomic mass is 9.95. The van der Waals surface area contributed by atoms with Gasteiger partial charge in [-0.3, -0.25) is 48.7 Å². The molecule has 1 atom stereocenters. The zero-order valence-corrected chi connectivity index (χ0v) is 32.4. The second-order valence-electron chi connectivity index (χ2n) is 15.3. The lowest BCUT2D eigenvalue weighted by molar-refractivity contribution is -0.136. The van der Waals surface area contributed by atoms with E-state index >= 15 is 0 Å². The number of aromatic nitrogens is 1. The molecule has 19 heteroatoms. The van der Waals surface area contributed by atoms with E-state index in [0.717, 1.165) is 16.2 Å². The van der Waals surface area contributed by atoms with Crippen molar-refractivity contribution in [1.82, 2.24) is 25.0 Å². The molecule has 0 spiro atoms. The topological polar surface area (TPSA) is 233 Å². The quantitative estimate of drug-likeness (QED) is 0.195. The van der Waals surface area contributed by atoms with Crippen molar-refractivity contribution in [2.45, 2.75) is 38.3 Å². The number of fused-ring (bicyclic) bond motifs is 1. The number of piperazine rings is 1. The Balaban J connectivity index is 0.883. The fourth-order valence-corrected chi connectivity index (χ4v) is 8.26. The smallest absolute Gasteiger partial charge is 0.298 e. The van der Waals surface area contributed by atoms with Crippen molar-refractivity contribution in [3.8, 4) is 0 Å². The molecule has 310 valence electrons.